The highest BCUT2D eigenvalue weighted by Crippen LogP contribution is 2.24. The van der Waals surface area contributed by atoms with Gasteiger partial charge in [-0.05, 0) is 49.7 Å². The van der Waals surface area contributed by atoms with Gasteiger partial charge in [-0.15, -0.1) is 0 Å². The van der Waals surface area contributed by atoms with E-state index in [1.807, 2.05) is 44.2 Å². The molecule has 1 aromatic heterocycles. The minimum Gasteiger partial charge on any atom is -0.491 e. The van der Waals surface area contributed by atoms with Gasteiger partial charge in [0.15, 0.2) is 0 Å². The first-order chi connectivity index (χ1) is 12.0. The van der Waals surface area contributed by atoms with Gasteiger partial charge in [-0.3, -0.25) is 0 Å². The number of hydrogen-bond donors (Lipinski definition) is 2. The number of anilines is 1. The third-order valence-corrected chi connectivity index (χ3v) is 3.93. The maximum atomic E-state index is 10.4. The fraction of sp³-hybridized carbons (Fsp3) is 0.263. The Morgan fingerprint density at radius 3 is 2.60 bits per heavy atom. The van der Waals surface area contributed by atoms with Crippen LogP contribution < -0.4 is 10.1 Å². The zero-order valence-corrected chi connectivity index (χ0v) is 14.9. The summed E-state index contributed by atoms with van der Waals surface area (Å²) < 4.78 is 5.61. The molecule has 130 valence electrons. The minimum atomic E-state index is -0.662. The van der Waals surface area contributed by atoms with Crippen molar-refractivity contribution in [3.63, 3.8) is 0 Å². The average molecular weight is 358 g/mol. The quantitative estimate of drug-likeness (QED) is 0.691. The second-order valence-electron chi connectivity index (χ2n) is 6.02. The smallest absolute Gasteiger partial charge is 0.137 e. The molecule has 25 heavy (non-hydrogen) atoms. The zero-order valence-electron chi connectivity index (χ0n) is 14.1. The van der Waals surface area contributed by atoms with Crippen LogP contribution in [0.4, 0.5) is 5.82 Å². The van der Waals surface area contributed by atoms with Crippen molar-refractivity contribution in [2.24, 2.45) is 0 Å². The molecular weight excluding hydrogens is 338 g/mol. The average Bonchev–Trinajstić information content (AvgIpc) is 2.59. The van der Waals surface area contributed by atoms with E-state index in [-0.39, 0.29) is 6.10 Å². The monoisotopic (exact) mass is 357 g/mol. The van der Waals surface area contributed by atoms with Crippen LogP contribution in [0.15, 0.2) is 48.8 Å². The van der Waals surface area contributed by atoms with Crippen molar-refractivity contribution in [3.8, 4) is 5.75 Å². The lowest BCUT2D eigenvalue weighted by Gasteiger charge is -2.15. The number of halogens is 1. The van der Waals surface area contributed by atoms with Crippen LogP contribution >= 0.6 is 11.6 Å². The molecule has 0 amide bonds. The highest BCUT2D eigenvalue weighted by atomic mass is 35.5. The Labute approximate surface area is 151 Å². The molecule has 0 saturated heterocycles. The van der Waals surface area contributed by atoms with Gasteiger partial charge in [0.05, 0.1) is 17.7 Å². The number of aliphatic hydroxyl groups excluding tert-OH is 1. The van der Waals surface area contributed by atoms with E-state index in [1.54, 1.807) is 12.1 Å². The molecule has 0 fully saturated rings. The molecule has 1 atom stereocenters. The first-order valence-electron chi connectivity index (χ1n) is 8.12. The van der Waals surface area contributed by atoms with Gasteiger partial charge in [-0.1, -0.05) is 23.7 Å². The highest BCUT2D eigenvalue weighted by Gasteiger charge is 2.10. The fourth-order valence-electron chi connectivity index (χ4n) is 2.52. The SMILES string of the molecule is CC(C)Oc1ccc(C(O)CNc2ncnc3cc(Cl)ccc23)cc1. The summed E-state index contributed by atoms with van der Waals surface area (Å²) in [5, 5.41) is 15.1. The maximum Gasteiger partial charge on any atom is 0.137 e. The van der Waals surface area contributed by atoms with Crippen molar-refractivity contribution in [1.29, 1.82) is 0 Å². The van der Waals surface area contributed by atoms with Crippen LogP contribution in [-0.4, -0.2) is 27.7 Å². The van der Waals surface area contributed by atoms with Gasteiger partial charge in [0.1, 0.15) is 17.9 Å². The molecule has 2 aromatic carbocycles. The molecule has 0 saturated carbocycles. The molecule has 2 N–H and O–H groups in total. The van der Waals surface area contributed by atoms with Crippen molar-refractivity contribution >= 4 is 28.3 Å². The van der Waals surface area contributed by atoms with Gasteiger partial charge in [-0.25, -0.2) is 9.97 Å². The molecule has 0 spiro atoms. The van der Waals surface area contributed by atoms with Crippen LogP contribution in [0.3, 0.4) is 0 Å². The predicted octanol–water partition coefficient (Wildman–Crippen LogP) is 4.22. The van der Waals surface area contributed by atoms with Gasteiger partial charge in [-0.2, -0.15) is 0 Å². The van der Waals surface area contributed by atoms with E-state index in [4.69, 9.17) is 16.3 Å². The number of nitrogens with one attached hydrogen (secondary N) is 1. The number of fused-ring (bicyclic) bond motifs is 1. The van der Waals surface area contributed by atoms with Crippen molar-refractivity contribution in [1.82, 2.24) is 9.97 Å². The van der Waals surface area contributed by atoms with E-state index < -0.39 is 6.10 Å². The lowest BCUT2D eigenvalue weighted by Crippen LogP contribution is -2.13. The van der Waals surface area contributed by atoms with Gasteiger partial charge in [0.2, 0.25) is 0 Å². The first kappa shape index (κ1) is 17.5. The molecule has 3 aromatic rings. The van der Waals surface area contributed by atoms with E-state index in [2.05, 4.69) is 15.3 Å². The minimum absolute atomic E-state index is 0.122. The number of rotatable bonds is 6. The maximum absolute atomic E-state index is 10.4. The summed E-state index contributed by atoms with van der Waals surface area (Å²) in [6, 6.07) is 12.9. The zero-order chi connectivity index (χ0) is 17.8. The number of benzene rings is 2. The third kappa shape index (κ3) is 4.38. The van der Waals surface area contributed by atoms with E-state index in [1.165, 1.54) is 6.33 Å². The summed E-state index contributed by atoms with van der Waals surface area (Å²) in [4.78, 5) is 8.46. The third-order valence-electron chi connectivity index (χ3n) is 3.70. The summed E-state index contributed by atoms with van der Waals surface area (Å²) in [6.45, 7) is 4.29. The van der Waals surface area contributed by atoms with E-state index in [0.29, 0.717) is 17.4 Å². The Balaban J connectivity index is 1.69. The van der Waals surface area contributed by atoms with Crippen LogP contribution in [0.1, 0.15) is 25.5 Å². The molecule has 0 aliphatic rings. The number of ether oxygens (including phenoxy) is 1. The molecule has 0 aliphatic heterocycles. The second-order valence-corrected chi connectivity index (χ2v) is 6.45. The lowest BCUT2D eigenvalue weighted by atomic mass is 10.1. The van der Waals surface area contributed by atoms with E-state index in [0.717, 1.165) is 22.2 Å². The molecule has 0 bridgehead atoms. The van der Waals surface area contributed by atoms with Crippen LogP contribution in [0.25, 0.3) is 10.9 Å². The Morgan fingerprint density at radius 2 is 1.88 bits per heavy atom. The fourth-order valence-corrected chi connectivity index (χ4v) is 2.69. The Kier molecular flexibility index (Phi) is 5.36. The number of hydrogen-bond acceptors (Lipinski definition) is 5. The van der Waals surface area contributed by atoms with Crippen LogP contribution in [0, 0.1) is 0 Å². The first-order valence-corrected chi connectivity index (χ1v) is 8.49. The van der Waals surface area contributed by atoms with Gasteiger partial charge < -0.3 is 15.2 Å². The highest BCUT2D eigenvalue weighted by molar-refractivity contribution is 6.31. The standard InChI is InChI=1S/C19H20ClN3O2/c1-12(2)25-15-6-3-13(4-7-15)18(24)10-21-19-16-8-5-14(20)9-17(16)22-11-23-19/h3-9,11-12,18,24H,10H2,1-2H3,(H,21,22,23). The van der Waals surface area contributed by atoms with Gasteiger partial charge >= 0.3 is 0 Å². The molecule has 0 aliphatic carbocycles. The Morgan fingerprint density at radius 1 is 1.12 bits per heavy atom. The number of aliphatic hydroxyl groups is 1. The molecule has 3 rings (SSSR count). The predicted molar refractivity (Wildman–Crippen MR) is 100 cm³/mol. The van der Waals surface area contributed by atoms with Gasteiger partial charge in [0.25, 0.3) is 0 Å². The Bertz CT molecular complexity index is 853. The van der Waals surface area contributed by atoms with E-state index in [9.17, 15) is 5.11 Å². The summed E-state index contributed by atoms with van der Waals surface area (Å²) in [5.74, 6) is 1.46. The molecule has 1 unspecified atom stereocenters. The Hall–Kier alpha value is -2.37. The van der Waals surface area contributed by atoms with Crippen molar-refractivity contribution in [2.75, 3.05) is 11.9 Å². The summed E-state index contributed by atoms with van der Waals surface area (Å²) in [7, 11) is 0. The lowest BCUT2D eigenvalue weighted by molar-refractivity contribution is 0.191. The number of nitrogens with zero attached hydrogens (tertiary/aromatic N) is 2. The molecule has 6 heteroatoms. The van der Waals surface area contributed by atoms with Crippen molar-refractivity contribution in [2.45, 2.75) is 26.1 Å². The van der Waals surface area contributed by atoms with Crippen LogP contribution in [0.2, 0.25) is 5.02 Å². The molecule has 0 radical (unpaired) electrons. The van der Waals surface area contributed by atoms with E-state index >= 15 is 0 Å². The summed E-state index contributed by atoms with van der Waals surface area (Å²) >= 11 is 5.99. The van der Waals surface area contributed by atoms with Crippen LogP contribution in [-0.2, 0) is 0 Å². The van der Waals surface area contributed by atoms with Crippen molar-refractivity contribution < 1.29 is 9.84 Å². The summed E-state index contributed by atoms with van der Waals surface area (Å²) in [6.07, 6.45) is 0.938. The second kappa shape index (κ2) is 7.68. The van der Waals surface area contributed by atoms with Crippen LogP contribution in [0.5, 0.6) is 5.75 Å². The molecule has 5 nitrogen and oxygen atoms in total. The topological polar surface area (TPSA) is 67.3 Å². The summed E-state index contributed by atoms with van der Waals surface area (Å²) in [5.41, 5.74) is 1.57. The largest absolute Gasteiger partial charge is 0.491 e. The van der Waals surface area contributed by atoms with Gasteiger partial charge in [0, 0.05) is 17.0 Å². The normalized spacial score (nSPS) is 12.4. The molecular formula is C19H20ClN3O2. The van der Waals surface area contributed by atoms with Crippen molar-refractivity contribution in [3.05, 3.63) is 59.4 Å². The molecule has 1 heterocycles. The number of aromatic nitrogens is 2.